The smallest absolute Gasteiger partial charge is 0.220 e. The van der Waals surface area contributed by atoms with Gasteiger partial charge in [0, 0.05) is 55.8 Å². The minimum Gasteiger partial charge on any atom is -0.378 e. The van der Waals surface area contributed by atoms with E-state index in [0.717, 1.165) is 18.4 Å². The van der Waals surface area contributed by atoms with Gasteiger partial charge in [0.05, 0.1) is 0 Å². The molecule has 2 atom stereocenters. The summed E-state index contributed by atoms with van der Waals surface area (Å²) in [6.45, 7) is 0.596. The van der Waals surface area contributed by atoms with Crippen LogP contribution < -0.4 is 10.2 Å². The Hall–Kier alpha value is -3.01. The number of aromatic nitrogens is 1. The summed E-state index contributed by atoms with van der Waals surface area (Å²) >= 11 is 0. The molecule has 1 amide bonds. The molecular formula is C25H29N3O. The minimum absolute atomic E-state index is 0.102. The summed E-state index contributed by atoms with van der Waals surface area (Å²) in [5.74, 6) is 0.627. The van der Waals surface area contributed by atoms with E-state index < -0.39 is 0 Å². The SMILES string of the molecule is CN(C)c1ccc([C@@H](CNC(=O)C[C@@H]2C=CCC2)c2c[nH]c3ccccc23)cc1. The Balaban J connectivity index is 1.58. The summed E-state index contributed by atoms with van der Waals surface area (Å²) in [5, 5.41) is 4.41. The van der Waals surface area contributed by atoms with E-state index in [2.05, 4.69) is 76.0 Å². The molecule has 0 spiro atoms. The van der Waals surface area contributed by atoms with E-state index in [-0.39, 0.29) is 11.8 Å². The lowest BCUT2D eigenvalue weighted by atomic mass is 9.90. The molecule has 0 unspecified atom stereocenters. The van der Waals surface area contributed by atoms with E-state index in [1.807, 2.05) is 20.2 Å². The molecule has 29 heavy (non-hydrogen) atoms. The molecule has 1 aromatic heterocycles. The molecule has 0 fully saturated rings. The van der Waals surface area contributed by atoms with E-state index >= 15 is 0 Å². The Labute approximate surface area is 172 Å². The molecule has 0 radical (unpaired) electrons. The molecule has 2 aromatic carbocycles. The summed E-state index contributed by atoms with van der Waals surface area (Å²) in [6, 6.07) is 17.0. The average molecular weight is 388 g/mol. The van der Waals surface area contributed by atoms with Crippen LogP contribution in [0, 0.1) is 5.92 Å². The molecule has 1 aliphatic carbocycles. The number of carbonyl (C=O) groups excluding carboxylic acids is 1. The van der Waals surface area contributed by atoms with Crippen molar-refractivity contribution in [2.75, 3.05) is 25.5 Å². The molecule has 3 aromatic rings. The normalized spacial score (nSPS) is 16.8. The van der Waals surface area contributed by atoms with Crippen molar-refractivity contribution >= 4 is 22.5 Å². The maximum atomic E-state index is 12.6. The lowest BCUT2D eigenvalue weighted by Crippen LogP contribution is -2.29. The van der Waals surface area contributed by atoms with Crippen LogP contribution in [0.5, 0.6) is 0 Å². The quantitative estimate of drug-likeness (QED) is 0.570. The summed E-state index contributed by atoms with van der Waals surface area (Å²) in [5.41, 5.74) is 4.73. The predicted octanol–water partition coefficient (Wildman–Crippen LogP) is 4.84. The second-order valence-corrected chi connectivity index (χ2v) is 8.10. The van der Waals surface area contributed by atoms with Crippen LogP contribution in [0.4, 0.5) is 5.69 Å². The average Bonchev–Trinajstić information content (AvgIpc) is 3.39. The number of anilines is 1. The molecule has 2 N–H and O–H groups in total. The number of hydrogen-bond acceptors (Lipinski definition) is 2. The molecule has 4 rings (SSSR count). The zero-order valence-electron chi connectivity index (χ0n) is 17.2. The van der Waals surface area contributed by atoms with Crippen LogP contribution in [0.1, 0.15) is 36.3 Å². The van der Waals surface area contributed by atoms with E-state index in [1.165, 1.54) is 22.2 Å². The minimum atomic E-state index is 0.102. The Kier molecular flexibility index (Phi) is 5.70. The highest BCUT2D eigenvalue weighted by atomic mass is 16.1. The molecule has 0 bridgehead atoms. The molecule has 0 saturated carbocycles. The number of benzene rings is 2. The molecule has 0 saturated heterocycles. The second kappa shape index (κ2) is 8.56. The first-order valence-corrected chi connectivity index (χ1v) is 10.4. The number of H-pyrrole nitrogens is 1. The van der Waals surface area contributed by atoms with Crippen molar-refractivity contribution in [3.05, 3.63) is 78.0 Å². The lowest BCUT2D eigenvalue weighted by molar-refractivity contribution is -0.121. The number of rotatable bonds is 7. The summed E-state index contributed by atoms with van der Waals surface area (Å²) < 4.78 is 0. The maximum absolute atomic E-state index is 12.6. The van der Waals surface area contributed by atoms with Gasteiger partial charge < -0.3 is 15.2 Å². The third-order valence-corrected chi connectivity index (χ3v) is 5.87. The van der Waals surface area contributed by atoms with E-state index in [9.17, 15) is 4.79 Å². The summed E-state index contributed by atoms with van der Waals surface area (Å²) in [7, 11) is 4.09. The Morgan fingerprint density at radius 1 is 1.17 bits per heavy atom. The first kappa shape index (κ1) is 19.3. The van der Waals surface area contributed by atoms with Crippen LogP contribution in [-0.4, -0.2) is 31.5 Å². The first-order valence-electron chi connectivity index (χ1n) is 10.4. The largest absolute Gasteiger partial charge is 0.378 e. The molecule has 1 heterocycles. The zero-order chi connectivity index (χ0) is 20.2. The van der Waals surface area contributed by atoms with Gasteiger partial charge >= 0.3 is 0 Å². The third kappa shape index (κ3) is 4.37. The zero-order valence-corrected chi connectivity index (χ0v) is 17.2. The van der Waals surface area contributed by atoms with Crippen molar-refractivity contribution in [2.45, 2.75) is 25.2 Å². The summed E-state index contributed by atoms with van der Waals surface area (Å²) in [6.07, 6.45) is 9.20. The number of amides is 1. The van der Waals surface area contributed by atoms with Gasteiger partial charge in [-0.2, -0.15) is 0 Å². The topological polar surface area (TPSA) is 48.1 Å². The number of para-hydroxylation sites is 1. The number of carbonyl (C=O) groups is 1. The van der Waals surface area contributed by atoms with E-state index in [0.29, 0.717) is 18.9 Å². The van der Waals surface area contributed by atoms with Crippen LogP contribution in [0.3, 0.4) is 0 Å². The Bertz CT molecular complexity index is 1000. The third-order valence-electron chi connectivity index (χ3n) is 5.87. The van der Waals surface area contributed by atoms with Crippen molar-refractivity contribution in [1.82, 2.24) is 10.3 Å². The van der Waals surface area contributed by atoms with Gasteiger partial charge in [-0.15, -0.1) is 0 Å². The van der Waals surface area contributed by atoms with Gasteiger partial charge in [-0.25, -0.2) is 0 Å². The fraction of sp³-hybridized carbons (Fsp3) is 0.320. The highest BCUT2D eigenvalue weighted by Gasteiger charge is 2.20. The number of hydrogen-bond donors (Lipinski definition) is 2. The van der Waals surface area contributed by atoms with Crippen molar-refractivity contribution in [1.29, 1.82) is 0 Å². The number of fused-ring (bicyclic) bond motifs is 1. The maximum Gasteiger partial charge on any atom is 0.220 e. The highest BCUT2D eigenvalue weighted by Crippen LogP contribution is 2.31. The molecular weight excluding hydrogens is 358 g/mol. The van der Waals surface area contributed by atoms with Gasteiger partial charge in [0.1, 0.15) is 0 Å². The molecule has 0 aliphatic heterocycles. The number of allylic oxidation sites excluding steroid dienone is 2. The fourth-order valence-electron chi connectivity index (χ4n) is 4.19. The van der Waals surface area contributed by atoms with Crippen LogP contribution >= 0.6 is 0 Å². The molecule has 1 aliphatic rings. The molecule has 150 valence electrons. The highest BCUT2D eigenvalue weighted by molar-refractivity contribution is 5.84. The van der Waals surface area contributed by atoms with Gasteiger partial charge in [0.25, 0.3) is 0 Å². The van der Waals surface area contributed by atoms with E-state index in [4.69, 9.17) is 0 Å². The van der Waals surface area contributed by atoms with Crippen LogP contribution in [-0.2, 0) is 4.79 Å². The van der Waals surface area contributed by atoms with Crippen LogP contribution in [0.25, 0.3) is 10.9 Å². The van der Waals surface area contributed by atoms with Gasteiger partial charge in [0.15, 0.2) is 0 Å². The monoisotopic (exact) mass is 387 g/mol. The number of nitrogens with one attached hydrogen (secondary N) is 2. The first-order chi connectivity index (χ1) is 14.1. The number of nitrogens with zero attached hydrogens (tertiary/aromatic N) is 1. The fourth-order valence-corrected chi connectivity index (χ4v) is 4.19. The standard InChI is InChI=1S/C25H29N3O/c1-28(2)20-13-11-19(12-14-20)22(16-27-25(29)15-18-7-3-4-8-18)23-17-26-24-10-6-5-9-21(23)24/h3,5-7,9-14,17-18,22,26H,4,8,15-16H2,1-2H3,(H,27,29)/t18-,22-/m1/s1. The van der Waals surface area contributed by atoms with Gasteiger partial charge in [-0.05, 0) is 48.1 Å². The Morgan fingerprint density at radius 3 is 2.69 bits per heavy atom. The van der Waals surface area contributed by atoms with Crippen molar-refractivity contribution in [2.24, 2.45) is 5.92 Å². The lowest BCUT2D eigenvalue weighted by Gasteiger charge is -2.20. The number of aromatic amines is 1. The van der Waals surface area contributed by atoms with Gasteiger partial charge in [-0.3, -0.25) is 4.79 Å². The second-order valence-electron chi connectivity index (χ2n) is 8.10. The van der Waals surface area contributed by atoms with Gasteiger partial charge in [0.2, 0.25) is 5.91 Å². The van der Waals surface area contributed by atoms with Gasteiger partial charge in [-0.1, -0.05) is 42.5 Å². The van der Waals surface area contributed by atoms with Crippen molar-refractivity contribution in [3.63, 3.8) is 0 Å². The molecule has 4 heteroatoms. The predicted molar refractivity (Wildman–Crippen MR) is 120 cm³/mol. The van der Waals surface area contributed by atoms with Crippen LogP contribution in [0.15, 0.2) is 66.9 Å². The van der Waals surface area contributed by atoms with E-state index in [1.54, 1.807) is 0 Å². The van der Waals surface area contributed by atoms with Crippen LogP contribution in [0.2, 0.25) is 0 Å². The molecule has 4 nitrogen and oxygen atoms in total. The Morgan fingerprint density at radius 2 is 1.97 bits per heavy atom. The van der Waals surface area contributed by atoms with Crippen molar-refractivity contribution in [3.8, 4) is 0 Å². The van der Waals surface area contributed by atoms with Crippen molar-refractivity contribution < 1.29 is 4.79 Å². The summed E-state index contributed by atoms with van der Waals surface area (Å²) in [4.78, 5) is 18.0.